The van der Waals surface area contributed by atoms with Gasteiger partial charge in [0.15, 0.2) is 0 Å². The lowest BCUT2D eigenvalue weighted by Gasteiger charge is -2.03. The Morgan fingerprint density at radius 1 is 0.933 bits per heavy atom. The van der Waals surface area contributed by atoms with Crippen LogP contribution in [0.15, 0.2) is 43.2 Å². The van der Waals surface area contributed by atoms with Gasteiger partial charge in [0.2, 0.25) is 0 Å². The molecule has 0 unspecified atom stereocenters. The van der Waals surface area contributed by atoms with Crippen LogP contribution in [0, 0.1) is 0 Å². The molecule has 0 N–H and O–H groups in total. The zero-order valence-electron chi connectivity index (χ0n) is 7.78. The van der Waals surface area contributed by atoms with Crippen molar-refractivity contribution in [3.05, 3.63) is 43.2 Å². The number of fused-ring (bicyclic) bond motifs is 1. The molecule has 0 radical (unpaired) electrons. The van der Waals surface area contributed by atoms with Gasteiger partial charge in [-0.1, -0.05) is 12.1 Å². The van der Waals surface area contributed by atoms with E-state index in [1.807, 2.05) is 24.3 Å². The quantitative estimate of drug-likeness (QED) is 0.588. The number of hydrogen-bond acceptors (Lipinski definition) is 4. The molecule has 0 fully saturated rings. The van der Waals surface area contributed by atoms with E-state index in [1.54, 1.807) is 17.2 Å². The predicted octanol–water partition coefficient (Wildman–Crippen LogP) is 1.21. The maximum absolute atomic E-state index is 4.22. The van der Waals surface area contributed by atoms with E-state index >= 15 is 0 Å². The van der Waals surface area contributed by atoms with Crippen LogP contribution in [0.25, 0.3) is 16.7 Å². The number of para-hydroxylation sites is 1. The molecule has 0 atom stereocenters. The van der Waals surface area contributed by atoms with E-state index in [-0.39, 0.29) is 0 Å². The molecule has 0 bridgehead atoms. The lowest BCUT2D eigenvalue weighted by Crippen LogP contribution is -1.96. The van der Waals surface area contributed by atoms with E-state index in [2.05, 4.69) is 20.2 Å². The minimum atomic E-state index is 0.797. The summed E-state index contributed by atoms with van der Waals surface area (Å²) in [5, 5.41) is 8.50. The highest BCUT2D eigenvalue weighted by molar-refractivity contribution is 5.84. The van der Waals surface area contributed by atoms with Crippen LogP contribution in [-0.2, 0) is 0 Å². The topological polar surface area (TPSA) is 56.5 Å². The Labute approximate surface area is 85.4 Å². The van der Waals surface area contributed by atoms with Gasteiger partial charge in [0, 0.05) is 5.39 Å². The van der Waals surface area contributed by atoms with Crippen molar-refractivity contribution in [3.63, 3.8) is 0 Å². The van der Waals surface area contributed by atoms with Gasteiger partial charge in [-0.25, -0.2) is 9.97 Å². The molecule has 5 nitrogen and oxygen atoms in total. The minimum Gasteiger partial charge on any atom is -0.271 e. The Balaban J connectivity index is 2.36. The molecular weight excluding hydrogens is 190 g/mol. The van der Waals surface area contributed by atoms with E-state index in [1.165, 1.54) is 6.33 Å². The third-order valence-corrected chi connectivity index (χ3v) is 2.19. The molecule has 0 saturated carbocycles. The summed E-state index contributed by atoms with van der Waals surface area (Å²) in [6.45, 7) is 0. The SMILES string of the molecule is c1ccc2c(-n3cnnc3)ncnc2c1. The Hall–Kier alpha value is -2.30. The molecule has 2 heterocycles. The van der Waals surface area contributed by atoms with Crippen molar-refractivity contribution >= 4 is 10.9 Å². The fourth-order valence-corrected chi connectivity index (χ4v) is 1.51. The molecule has 0 spiro atoms. The molecule has 0 aliphatic heterocycles. The molecule has 0 saturated heterocycles. The van der Waals surface area contributed by atoms with Gasteiger partial charge < -0.3 is 0 Å². The van der Waals surface area contributed by atoms with Crippen LogP contribution in [0.5, 0.6) is 0 Å². The second kappa shape index (κ2) is 3.13. The molecule has 1 aromatic carbocycles. The predicted molar refractivity (Wildman–Crippen MR) is 54.5 cm³/mol. The molecular formula is C10H7N5. The van der Waals surface area contributed by atoms with Crippen molar-refractivity contribution < 1.29 is 0 Å². The van der Waals surface area contributed by atoms with Crippen LogP contribution in [0.3, 0.4) is 0 Å². The van der Waals surface area contributed by atoms with E-state index in [9.17, 15) is 0 Å². The summed E-state index contributed by atoms with van der Waals surface area (Å²) >= 11 is 0. The first-order valence-electron chi connectivity index (χ1n) is 4.50. The van der Waals surface area contributed by atoms with Crippen molar-refractivity contribution in [2.24, 2.45) is 0 Å². The third kappa shape index (κ3) is 1.25. The molecule has 3 rings (SSSR count). The molecule has 0 aliphatic carbocycles. The first-order chi connectivity index (χ1) is 7.45. The summed E-state index contributed by atoms with van der Waals surface area (Å²) in [6, 6.07) is 7.83. The molecule has 72 valence electrons. The highest BCUT2D eigenvalue weighted by Crippen LogP contribution is 2.16. The van der Waals surface area contributed by atoms with Gasteiger partial charge in [0.05, 0.1) is 5.52 Å². The van der Waals surface area contributed by atoms with Crippen LogP contribution in [0.2, 0.25) is 0 Å². The summed E-state index contributed by atoms with van der Waals surface area (Å²) in [4.78, 5) is 8.41. The first kappa shape index (κ1) is 8.05. The average molecular weight is 197 g/mol. The number of aromatic nitrogens is 5. The molecule has 0 amide bonds. The number of nitrogens with zero attached hydrogens (tertiary/aromatic N) is 5. The Bertz CT molecular complexity index is 582. The van der Waals surface area contributed by atoms with Crippen LogP contribution < -0.4 is 0 Å². The van der Waals surface area contributed by atoms with E-state index < -0.39 is 0 Å². The largest absolute Gasteiger partial charge is 0.271 e. The normalized spacial score (nSPS) is 10.7. The van der Waals surface area contributed by atoms with Crippen molar-refractivity contribution in [1.29, 1.82) is 0 Å². The maximum Gasteiger partial charge on any atom is 0.150 e. The number of hydrogen-bond donors (Lipinski definition) is 0. The molecule has 5 heteroatoms. The summed E-state index contributed by atoms with van der Waals surface area (Å²) in [5.41, 5.74) is 0.913. The second-order valence-corrected chi connectivity index (χ2v) is 3.08. The Morgan fingerprint density at radius 2 is 1.73 bits per heavy atom. The van der Waals surface area contributed by atoms with Gasteiger partial charge in [-0.3, -0.25) is 4.57 Å². The van der Waals surface area contributed by atoms with Gasteiger partial charge in [0.25, 0.3) is 0 Å². The van der Waals surface area contributed by atoms with Crippen LogP contribution in [0.4, 0.5) is 0 Å². The summed E-state index contributed by atoms with van der Waals surface area (Å²) in [6.07, 6.45) is 4.78. The van der Waals surface area contributed by atoms with E-state index in [4.69, 9.17) is 0 Å². The van der Waals surface area contributed by atoms with Gasteiger partial charge in [-0.15, -0.1) is 10.2 Å². The van der Waals surface area contributed by atoms with Crippen molar-refractivity contribution in [2.75, 3.05) is 0 Å². The van der Waals surface area contributed by atoms with Crippen LogP contribution in [-0.4, -0.2) is 24.7 Å². The van der Waals surface area contributed by atoms with Crippen molar-refractivity contribution in [1.82, 2.24) is 24.7 Å². The monoisotopic (exact) mass is 197 g/mol. The molecule has 0 aliphatic rings. The Kier molecular flexibility index (Phi) is 1.68. The van der Waals surface area contributed by atoms with E-state index in [0.29, 0.717) is 0 Å². The van der Waals surface area contributed by atoms with Gasteiger partial charge >= 0.3 is 0 Å². The third-order valence-electron chi connectivity index (χ3n) is 2.19. The summed E-state index contributed by atoms with van der Waals surface area (Å²) < 4.78 is 1.77. The first-order valence-corrected chi connectivity index (χ1v) is 4.50. The average Bonchev–Trinajstić information content (AvgIpc) is 2.82. The van der Waals surface area contributed by atoms with Crippen molar-refractivity contribution in [2.45, 2.75) is 0 Å². The lowest BCUT2D eigenvalue weighted by atomic mass is 10.2. The lowest BCUT2D eigenvalue weighted by molar-refractivity contribution is 0.991. The minimum absolute atomic E-state index is 0.797. The fraction of sp³-hybridized carbons (Fsp3) is 0. The molecule has 3 aromatic rings. The Morgan fingerprint density at radius 3 is 2.60 bits per heavy atom. The van der Waals surface area contributed by atoms with Gasteiger partial charge in [0.1, 0.15) is 24.8 Å². The fourth-order valence-electron chi connectivity index (χ4n) is 1.51. The molecule has 2 aromatic heterocycles. The maximum atomic E-state index is 4.22. The standard InChI is InChI=1S/C10H7N5/c1-2-4-9-8(3-1)10(12-5-11-9)15-6-13-14-7-15/h1-7H. The summed E-state index contributed by atoms with van der Waals surface area (Å²) in [7, 11) is 0. The zero-order chi connectivity index (χ0) is 10.1. The number of rotatable bonds is 1. The van der Waals surface area contributed by atoms with Gasteiger partial charge in [-0.2, -0.15) is 0 Å². The van der Waals surface area contributed by atoms with E-state index in [0.717, 1.165) is 16.7 Å². The second-order valence-electron chi connectivity index (χ2n) is 3.08. The van der Waals surface area contributed by atoms with Crippen molar-refractivity contribution in [3.8, 4) is 5.82 Å². The summed E-state index contributed by atoms with van der Waals surface area (Å²) in [5.74, 6) is 0.797. The van der Waals surface area contributed by atoms with Crippen LogP contribution in [0.1, 0.15) is 0 Å². The highest BCUT2D eigenvalue weighted by Gasteiger charge is 2.03. The molecule has 15 heavy (non-hydrogen) atoms. The highest BCUT2D eigenvalue weighted by atomic mass is 15.3. The smallest absolute Gasteiger partial charge is 0.150 e. The van der Waals surface area contributed by atoms with Gasteiger partial charge in [-0.05, 0) is 12.1 Å². The number of benzene rings is 1. The van der Waals surface area contributed by atoms with Crippen LogP contribution >= 0.6 is 0 Å². The zero-order valence-corrected chi connectivity index (χ0v) is 7.78.